The molecule has 1 amide bonds. The monoisotopic (exact) mass is 460 g/mol. The zero-order valence-corrected chi connectivity index (χ0v) is 19.9. The number of piperidine rings is 1. The van der Waals surface area contributed by atoms with Gasteiger partial charge in [0.2, 0.25) is 10.0 Å². The summed E-state index contributed by atoms with van der Waals surface area (Å²) in [4.78, 5) is 17.6. The summed E-state index contributed by atoms with van der Waals surface area (Å²) < 4.78 is 33.0. The highest BCUT2D eigenvalue weighted by molar-refractivity contribution is 7.89. The smallest absolute Gasteiger partial charge is 0.254 e. The quantitative estimate of drug-likeness (QED) is 0.682. The topological polar surface area (TPSA) is 87.0 Å². The van der Waals surface area contributed by atoms with Gasteiger partial charge in [0.05, 0.1) is 10.6 Å². The minimum absolute atomic E-state index is 0.102. The molecule has 1 aromatic carbocycles. The Morgan fingerprint density at radius 2 is 1.69 bits per heavy atom. The molecule has 0 aliphatic carbocycles. The van der Waals surface area contributed by atoms with Crippen LogP contribution in [-0.2, 0) is 16.6 Å². The Balaban J connectivity index is 1.45. The summed E-state index contributed by atoms with van der Waals surface area (Å²) in [7, 11) is -3.57. The van der Waals surface area contributed by atoms with Crippen LogP contribution in [0.3, 0.4) is 0 Å². The van der Waals surface area contributed by atoms with Crippen LogP contribution >= 0.6 is 0 Å². The molecule has 0 saturated carbocycles. The van der Waals surface area contributed by atoms with Gasteiger partial charge in [-0.15, -0.1) is 0 Å². The van der Waals surface area contributed by atoms with E-state index in [0.29, 0.717) is 31.7 Å². The van der Waals surface area contributed by atoms with Gasteiger partial charge in [-0.05, 0) is 51.3 Å². The summed E-state index contributed by atoms with van der Waals surface area (Å²) in [6.45, 7) is 10.3. The molecule has 8 nitrogen and oxygen atoms in total. The second-order valence-electron chi connectivity index (χ2n) is 8.81. The highest BCUT2D eigenvalue weighted by Crippen LogP contribution is 2.24. The number of benzene rings is 1. The van der Waals surface area contributed by atoms with Crippen LogP contribution in [0.15, 0.2) is 27.6 Å². The molecule has 0 bridgehead atoms. The van der Waals surface area contributed by atoms with Crippen LogP contribution in [-0.4, -0.2) is 72.9 Å². The van der Waals surface area contributed by atoms with E-state index in [9.17, 15) is 13.2 Å². The van der Waals surface area contributed by atoms with E-state index in [4.69, 9.17) is 4.52 Å². The van der Waals surface area contributed by atoms with Crippen molar-refractivity contribution in [3.8, 4) is 0 Å². The minimum atomic E-state index is -3.57. The Morgan fingerprint density at radius 3 is 2.31 bits per heavy atom. The number of aryl methyl sites for hydroxylation is 3. The van der Waals surface area contributed by atoms with Crippen molar-refractivity contribution in [1.82, 2.24) is 19.3 Å². The fourth-order valence-corrected chi connectivity index (χ4v) is 6.02. The van der Waals surface area contributed by atoms with Gasteiger partial charge in [0, 0.05) is 56.9 Å². The van der Waals surface area contributed by atoms with Crippen molar-refractivity contribution < 1.29 is 17.7 Å². The average molecular weight is 461 g/mol. The van der Waals surface area contributed by atoms with Crippen LogP contribution in [0, 0.1) is 20.8 Å². The molecule has 1 aromatic heterocycles. The molecular formula is C23H32N4O4S. The molecule has 2 saturated heterocycles. The SMILES string of the molecule is Cc1ccc(S(=O)(=O)N2CCCCC2)cc1C(=O)N1CCN(Cc2c(C)noc2C)CC1. The lowest BCUT2D eigenvalue weighted by Crippen LogP contribution is -2.48. The lowest BCUT2D eigenvalue weighted by molar-refractivity contribution is 0.0626. The molecule has 2 aromatic rings. The van der Waals surface area contributed by atoms with E-state index in [1.807, 2.05) is 25.7 Å². The van der Waals surface area contributed by atoms with Gasteiger partial charge in [-0.3, -0.25) is 9.69 Å². The molecule has 0 unspecified atom stereocenters. The van der Waals surface area contributed by atoms with Crippen molar-refractivity contribution >= 4 is 15.9 Å². The van der Waals surface area contributed by atoms with Crippen molar-refractivity contribution in [3.05, 3.63) is 46.3 Å². The number of rotatable bonds is 5. The number of carbonyl (C=O) groups is 1. The Bertz CT molecular complexity index is 1060. The lowest BCUT2D eigenvalue weighted by Gasteiger charge is -2.35. The fraction of sp³-hybridized carbons (Fsp3) is 0.565. The summed E-state index contributed by atoms with van der Waals surface area (Å²) in [5.74, 6) is 0.735. The van der Waals surface area contributed by atoms with E-state index in [2.05, 4.69) is 10.1 Å². The molecule has 2 fully saturated rings. The fourth-order valence-electron chi connectivity index (χ4n) is 4.48. The van der Waals surface area contributed by atoms with Crippen molar-refractivity contribution in [2.24, 2.45) is 0 Å². The lowest BCUT2D eigenvalue weighted by atomic mass is 10.1. The molecule has 2 aliphatic heterocycles. The standard InChI is InChI=1S/C23H32N4O4S/c1-17-7-8-20(32(29,30)27-9-5-4-6-10-27)15-21(17)23(28)26-13-11-25(12-14-26)16-22-18(2)24-31-19(22)3/h7-8,15H,4-6,9-14,16H2,1-3H3. The molecular weight excluding hydrogens is 428 g/mol. The normalized spacial score (nSPS) is 18.8. The molecule has 0 N–H and O–H groups in total. The van der Waals surface area contributed by atoms with Gasteiger partial charge in [0.25, 0.3) is 5.91 Å². The highest BCUT2D eigenvalue weighted by Gasteiger charge is 2.29. The Kier molecular flexibility index (Phi) is 6.69. The van der Waals surface area contributed by atoms with Gasteiger partial charge < -0.3 is 9.42 Å². The Labute approximate surface area is 190 Å². The zero-order chi connectivity index (χ0) is 22.9. The Morgan fingerprint density at radius 1 is 1.00 bits per heavy atom. The first-order chi connectivity index (χ1) is 15.3. The number of sulfonamides is 1. The second kappa shape index (κ2) is 9.33. The maximum Gasteiger partial charge on any atom is 0.254 e. The van der Waals surface area contributed by atoms with E-state index in [1.54, 1.807) is 22.5 Å². The van der Waals surface area contributed by atoms with Gasteiger partial charge in [-0.1, -0.05) is 17.6 Å². The predicted octanol–water partition coefficient (Wildman–Crippen LogP) is 2.73. The van der Waals surface area contributed by atoms with Crippen LogP contribution in [0.4, 0.5) is 0 Å². The van der Waals surface area contributed by atoms with E-state index in [0.717, 1.165) is 61.5 Å². The first-order valence-electron chi connectivity index (χ1n) is 11.3. The Hall–Kier alpha value is -2.23. The summed E-state index contributed by atoms with van der Waals surface area (Å²) in [5.41, 5.74) is 3.28. The minimum Gasteiger partial charge on any atom is -0.361 e. The zero-order valence-electron chi connectivity index (χ0n) is 19.1. The molecule has 2 aliphatic rings. The first-order valence-corrected chi connectivity index (χ1v) is 12.8. The van der Waals surface area contributed by atoms with Crippen molar-refractivity contribution in [2.75, 3.05) is 39.3 Å². The highest BCUT2D eigenvalue weighted by atomic mass is 32.2. The number of amides is 1. The summed E-state index contributed by atoms with van der Waals surface area (Å²) in [6, 6.07) is 4.94. The molecule has 0 spiro atoms. The van der Waals surface area contributed by atoms with E-state index in [-0.39, 0.29) is 10.8 Å². The third-order valence-electron chi connectivity index (χ3n) is 6.61. The van der Waals surface area contributed by atoms with Crippen molar-refractivity contribution in [3.63, 3.8) is 0 Å². The maximum absolute atomic E-state index is 13.3. The van der Waals surface area contributed by atoms with E-state index in [1.165, 1.54) is 0 Å². The number of aromatic nitrogens is 1. The molecule has 174 valence electrons. The van der Waals surface area contributed by atoms with Gasteiger partial charge in [-0.2, -0.15) is 4.31 Å². The van der Waals surface area contributed by atoms with Crippen LogP contribution in [0.2, 0.25) is 0 Å². The van der Waals surface area contributed by atoms with E-state index >= 15 is 0 Å². The molecule has 0 atom stereocenters. The number of nitrogens with zero attached hydrogens (tertiary/aromatic N) is 4. The molecule has 0 radical (unpaired) electrons. The van der Waals surface area contributed by atoms with Gasteiger partial charge in [-0.25, -0.2) is 8.42 Å². The summed E-state index contributed by atoms with van der Waals surface area (Å²) in [5, 5.41) is 4.02. The third-order valence-corrected chi connectivity index (χ3v) is 8.51. The van der Waals surface area contributed by atoms with Crippen LogP contribution in [0.1, 0.15) is 52.2 Å². The third kappa shape index (κ3) is 4.60. The van der Waals surface area contributed by atoms with Gasteiger partial charge in [0.15, 0.2) is 0 Å². The molecule has 32 heavy (non-hydrogen) atoms. The van der Waals surface area contributed by atoms with Crippen LogP contribution < -0.4 is 0 Å². The summed E-state index contributed by atoms with van der Waals surface area (Å²) in [6.07, 6.45) is 2.83. The van der Waals surface area contributed by atoms with Crippen molar-refractivity contribution in [2.45, 2.75) is 51.5 Å². The van der Waals surface area contributed by atoms with Gasteiger partial charge in [0.1, 0.15) is 5.76 Å². The molecule has 3 heterocycles. The largest absolute Gasteiger partial charge is 0.361 e. The molecule has 9 heteroatoms. The second-order valence-corrected chi connectivity index (χ2v) is 10.8. The number of hydrogen-bond donors (Lipinski definition) is 0. The summed E-state index contributed by atoms with van der Waals surface area (Å²) >= 11 is 0. The van der Waals surface area contributed by atoms with Crippen LogP contribution in [0.5, 0.6) is 0 Å². The number of piperazine rings is 1. The first kappa shape index (κ1) is 22.9. The van der Waals surface area contributed by atoms with Gasteiger partial charge >= 0.3 is 0 Å². The van der Waals surface area contributed by atoms with Crippen LogP contribution in [0.25, 0.3) is 0 Å². The maximum atomic E-state index is 13.3. The number of carbonyl (C=O) groups excluding carboxylic acids is 1. The predicted molar refractivity (Wildman–Crippen MR) is 121 cm³/mol. The number of hydrogen-bond acceptors (Lipinski definition) is 6. The van der Waals surface area contributed by atoms with Crippen molar-refractivity contribution in [1.29, 1.82) is 0 Å². The van der Waals surface area contributed by atoms with E-state index < -0.39 is 10.0 Å². The average Bonchev–Trinajstić information content (AvgIpc) is 3.12. The molecule has 4 rings (SSSR count).